The van der Waals surface area contributed by atoms with E-state index in [9.17, 15) is 4.79 Å². The first kappa shape index (κ1) is 18.5. The second-order valence-corrected chi connectivity index (χ2v) is 6.94. The molecule has 0 unspecified atom stereocenters. The minimum Gasteiger partial charge on any atom is -0.379 e. The maximum absolute atomic E-state index is 12.7. The summed E-state index contributed by atoms with van der Waals surface area (Å²) in [6.45, 7) is 8.32. The summed E-state index contributed by atoms with van der Waals surface area (Å²) in [6, 6.07) is 1.99. The van der Waals surface area contributed by atoms with Gasteiger partial charge in [-0.3, -0.25) is 4.79 Å². The van der Waals surface area contributed by atoms with Crippen LogP contribution in [0, 0.1) is 26.7 Å². The third-order valence-corrected chi connectivity index (χ3v) is 4.82. The molecule has 0 aromatic carbocycles. The molecule has 2 aromatic heterocycles. The lowest BCUT2D eigenvalue weighted by molar-refractivity contribution is -0.131. The highest BCUT2D eigenvalue weighted by Gasteiger charge is 2.23. The van der Waals surface area contributed by atoms with E-state index in [1.165, 1.54) is 0 Å². The Balaban J connectivity index is 1.58. The van der Waals surface area contributed by atoms with E-state index in [2.05, 4.69) is 15.1 Å². The Hall–Kier alpha value is -2.28. The fraction of sp³-hybridized carbons (Fsp3) is 0.579. The van der Waals surface area contributed by atoms with Crippen molar-refractivity contribution in [2.75, 3.05) is 26.3 Å². The van der Waals surface area contributed by atoms with Crippen molar-refractivity contribution in [3.8, 4) is 0 Å². The average Bonchev–Trinajstić information content (AvgIpc) is 2.80. The Labute approximate surface area is 153 Å². The molecule has 0 aliphatic carbocycles. The van der Waals surface area contributed by atoms with Gasteiger partial charge in [0.1, 0.15) is 12.1 Å². The van der Waals surface area contributed by atoms with Gasteiger partial charge in [-0.1, -0.05) is 5.16 Å². The molecule has 0 bridgehead atoms. The fourth-order valence-electron chi connectivity index (χ4n) is 3.40. The molecule has 1 aliphatic heterocycles. The highest BCUT2D eigenvalue weighted by Crippen LogP contribution is 2.17. The molecule has 1 fully saturated rings. The van der Waals surface area contributed by atoms with Gasteiger partial charge in [0.15, 0.2) is 0 Å². The van der Waals surface area contributed by atoms with E-state index in [1.54, 1.807) is 6.33 Å². The molecular formula is C19H26N4O3. The molecule has 26 heavy (non-hydrogen) atoms. The van der Waals surface area contributed by atoms with E-state index in [4.69, 9.17) is 9.26 Å². The van der Waals surface area contributed by atoms with Crippen molar-refractivity contribution in [2.24, 2.45) is 5.92 Å². The Bertz CT molecular complexity index is 739. The molecule has 0 spiro atoms. The lowest BCUT2D eigenvalue weighted by atomic mass is 10.0. The van der Waals surface area contributed by atoms with Crippen molar-refractivity contribution in [1.82, 2.24) is 20.0 Å². The van der Waals surface area contributed by atoms with Gasteiger partial charge in [-0.15, -0.1) is 0 Å². The van der Waals surface area contributed by atoms with Crippen LogP contribution in [0.4, 0.5) is 0 Å². The Morgan fingerprint density at radius 1 is 1.31 bits per heavy atom. The molecule has 1 atom stereocenters. The maximum atomic E-state index is 12.7. The van der Waals surface area contributed by atoms with Crippen LogP contribution in [0.1, 0.15) is 34.8 Å². The summed E-state index contributed by atoms with van der Waals surface area (Å²) in [7, 11) is 0. The zero-order valence-electron chi connectivity index (χ0n) is 15.7. The van der Waals surface area contributed by atoms with Crippen LogP contribution < -0.4 is 0 Å². The smallest absolute Gasteiger partial charge is 0.222 e. The van der Waals surface area contributed by atoms with Crippen molar-refractivity contribution in [3.63, 3.8) is 0 Å². The van der Waals surface area contributed by atoms with Gasteiger partial charge in [-0.25, -0.2) is 9.97 Å². The predicted molar refractivity (Wildman–Crippen MR) is 95.7 cm³/mol. The molecule has 1 aliphatic rings. The van der Waals surface area contributed by atoms with Gasteiger partial charge in [0, 0.05) is 42.4 Å². The van der Waals surface area contributed by atoms with Crippen LogP contribution in [0.5, 0.6) is 0 Å². The van der Waals surface area contributed by atoms with Crippen LogP contribution in [0.15, 0.2) is 16.9 Å². The molecule has 1 saturated heterocycles. The van der Waals surface area contributed by atoms with E-state index in [0.717, 1.165) is 34.8 Å². The molecule has 3 heterocycles. The molecule has 0 N–H and O–H groups in total. The third-order valence-electron chi connectivity index (χ3n) is 4.82. The second kappa shape index (κ2) is 8.40. The van der Waals surface area contributed by atoms with Crippen LogP contribution in [-0.4, -0.2) is 52.2 Å². The lowest BCUT2D eigenvalue weighted by Gasteiger charge is -2.23. The lowest BCUT2D eigenvalue weighted by Crippen LogP contribution is -2.36. The largest absolute Gasteiger partial charge is 0.379 e. The summed E-state index contributed by atoms with van der Waals surface area (Å²) in [6.07, 6.45) is 3.50. The molecular weight excluding hydrogens is 332 g/mol. The number of ether oxygens (including phenoxy) is 1. The number of nitrogens with zero attached hydrogens (tertiary/aromatic N) is 4. The van der Waals surface area contributed by atoms with Gasteiger partial charge >= 0.3 is 0 Å². The normalized spacial score (nSPS) is 18.0. The SMILES string of the molecule is Cc1cc(C[C@@H]2COCCN(C(=O)CCc3c(C)noc3C)C2)ncn1. The van der Waals surface area contributed by atoms with Gasteiger partial charge in [0.05, 0.1) is 18.9 Å². The third kappa shape index (κ3) is 4.66. The number of carbonyl (C=O) groups excluding carboxylic acids is 1. The number of amides is 1. The summed E-state index contributed by atoms with van der Waals surface area (Å²) < 4.78 is 10.9. The van der Waals surface area contributed by atoms with Crippen LogP contribution in [0.25, 0.3) is 0 Å². The Morgan fingerprint density at radius 3 is 2.88 bits per heavy atom. The van der Waals surface area contributed by atoms with Gasteiger partial charge in [-0.2, -0.15) is 0 Å². The molecule has 140 valence electrons. The van der Waals surface area contributed by atoms with E-state index in [-0.39, 0.29) is 11.8 Å². The maximum Gasteiger partial charge on any atom is 0.222 e. The van der Waals surface area contributed by atoms with Crippen LogP contribution in [0.2, 0.25) is 0 Å². The van der Waals surface area contributed by atoms with Gasteiger partial charge in [0.2, 0.25) is 5.91 Å². The van der Waals surface area contributed by atoms with Crippen LogP contribution >= 0.6 is 0 Å². The first-order chi connectivity index (χ1) is 12.5. The van der Waals surface area contributed by atoms with Gasteiger partial charge < -0.3 is 14.2 Å². The zero-order valence-corrected chi connectivity index (χ0v) is 15.7. The molecule has 3 rings (SSSR count). The molecule has 0 saturated carbocycles. The van der Waals surface area contributed by atoms with Gasteiger partial charge in [-0.05, 0) is 39.7 Å². The average molecular weight is 358 g/mol. The number of hydrogen-bond donors (Lipinski definition) is 0. The first-order valence-corrected chi connectivity index (χ1v) is 9.07. The van der Waals surface area contributed by atoms with Crippen molar-refractivity contribution in [2.45, 2.75) is 40.0 Å². The van der Waals surface area contributed by atoms with Crippen LogP contribution in [0.3, 0.4) is 0 Å². The number of carbonyl (C=O) groups is 1. The Morgan fingerprint density at radius 2 is 2.15 bits per heavy atom. The van der Waals surface area contributed by atoms with Crippen molar-refractivity contribution in [3.05, 3.63) is 40.8 Å². The second-order valence-electron chi connectivity index (χ2n) is 6.94. The van der Waals surface area contributed by atoms with E-state index >= 15 is 0 Å². The minimum atomic E-state index is 0.152. The minimum absolute atomic E-state index is 0.152. The monoisotopic (exact) mass is 358 g/mol. The van der Waals surface area contributed by atoms with Crippen LogP contribution in [-0.2, 0) is 22.4 Å². The number of aromatic nitrogens is 3. The number of hydrogen-bond acceptors (Lipinski definition) is 6. The topological polar surface area (TPSA) is 81.4 Å². The zero-order chi connectivity index (χ0) is 18.5. The highest BCUT2D eigenvalue weighted by molar-refractivity contribution is 5.76. The highest BCUT2D eigenvalue weighted by atomic mass is 16.5. The number of aryl methyl sites for hydroxylation is 3. The van der Waals surface area contributed by atoms with E-state index in [0.29, 0.717) is 39.1 Å². The van der Waals surface area contributed by atoms with Crippen molar-refractivity contribution >= 4 is 5.91 Å². The van der Waals surface area contributed by atoms with E-state index in [1.807, 2.05) is 31.7 Å². The molecule has 1 amide bonds. The molecule has 0 radical (unpaired) electrons. The Kier molecular flexibility index (Phi) is 5.98. The first-order valence-electron chi connectivity index (χ1n) is 9.07. The summed E-state index contributed by atoms with van der Waals surface area (Å²) >= 11 is 0. The quantitative estimate of drug-likeness (QED) is 0.814. The summed E-state index contributed by atoms with van der Waals surface area (Å²) in [5.74, 6) is 1.20. The standard InChI is InChI=1S/C19H26N4O3/c1-13-8-17(21-12-20-13)9-16-10-23(6-7-25-11-16)19(24)5-4-18-14(2)22-26-15(18)3/h8,12,16H,4-7,9-11H2,1-3H3/t16-/m0/s1. The van der Waals surface area contributed by atoms with Gasteiger partial charge in [0.25, 0.3) is 0 Å². The molecule has 2 aromatic rings. The van der Waals surface area contributed by atoms with E-state index < -0.39 is 0 Å². The molecule has 7 heteroatoms. The fourth-order valence-corrected chi connectivity index (χ4v) is 3.40. The summed E-state index contributed by atoms with van der Waals surface area (Å²) in [4.78, 5) is 23.1. The summed E-state index contributed by atoms with van der Waals surface area (Å²) in [5, 5.41) is 3.96. The summed E-state index contributed by atoms with van der Waals surface area (Å²) in [5.41, 5.74) is 3.86. The predicted octanol–water partition coefficient (Wildman–Crippen LogP) is 2.04. The molecule has 7 nitrogen and oxygen atoms in total. The number of rotatable bonds is 5. The van der Waals surface area contributed by atoms with Crippen molar-refractivity contribution in [1.29, 1.82) is 0 Å². The van der Waals surface area contributed by atoms with Crippen molar-refractivity contribution < 1.29 is 14.1 Å².